The molecular formula is C30H39F2N3O4. The van der Waals surface area contributed by atoms with Gasteiger partial charge in [-0.2, -0.15) is 0 Å². The summed E-state index contributed by atoms with van der Waals surface area (Å²) in [7, 11) is 0. The molecule has 0 spiro atoms. The smallest absolute Gasteiger partial charge is 0.243 e. The number of nitrogens with one attached hydrogen (secondary N) is 2. The van der Waals surface area contributed by atoms with Gasteiger partial charge in [-0.25, -0.2) is 8.78 Å². The van der Waals surface area contributed by atoms with Crippen molar-refractivity contribution >= 4 is 11.8 Å². The Morgan fingerprint density at radius 1 is 0.974 bits per heavy atom. The minimum Gasteiger partial charge on any atom is -0.386 e. The van der Waals surface area contributed by atoms with Crippen molar-refractivity contribution in [2.75, 3.05) is 6.54 Å². The summed E-state index contributed by atoms with van der Waals surface area (Å²) in [6, 6.07) is 9.81. The van der Waals surface area contributed by atoms with E-state index in [2.05, 4.69) is 10.6 Å². The first-order valence-electron chi connectivity index (χ1n) is 13.9. The standard InChI is InChI=1S/C30H39F2N3O4/c1-19(33-26(36)16-21-14-23(31)17-24(32)15-21)29(38)34-27(28(37)22-8-4-2-5-9-22)30(39)35(18-20-12-13-20)25-10-6-3-7-11-25/h2,4-5,8-9,14-15,17,19-20,25,27-29,34,37-38H,3,6-7,10-13,16,18H2,1H3,(H,33,36)/t19-,27-,28+,29?/m0/s1. The molecule has 7 nitrogen and oxygen atoms in total. The number of hydrogen-bond acceptors (Lipinski definition) is 5. The van der Waals surface area contributed by atoms with Gasteiger partial charge in [0.05, 0.1) is 12.5 Å². The Kier molecular flexibility index (Phi) is 10.0. The lowest BCUT2D eigenvalue weighted by molar-refractivity contribution is -0.141. The van der Waals surface area contributed by atoms with E-state index in [1.165, 1.54) is 0 Å². The lowest BCUT2D eigenvalue weighted by Gasteiger charge is -2.39. The highest BCUT2D eigenvalue weighted by Gasteiger charge is 2.39. The van der Waals surface area contributed by atoms with E-state index in [-0.39, 0.29) is 23.9 Å². The maximum atomic E-state index is 14.0. The molecule has 2 amide bonds. The lowest BCUT2D eigenvalue weighted by Crippen LogP contribution is -2.59. The highest BCUT2D eigenvalue weighted by atomic mass is 19.1. The summed E-state index contributed by atoms with van der Waals surface area (Å²) in [6.07, 6.45) is 4.37. The highest BCUT2D eigenvalue weighted by molar-refractivity contribution is 5.83. The largest absolute Gasteiger partial charge is 0.386 e. The fourth-order valence-electron chi connectivity index (χ4n) is 5.32. The first kappa shape index (κ1) is 29.1. The van der Waals surface area contributed by atoms with E-state index in [4.69, 9.17) is 0 Å². The van der Waals surface area contributed by atoms with Gasteiger partial charge >= 0.3 is 0 Å². The quantitative estimate of drug-likeness (QED) is 0.307. The molecule has 2 aliphatic rings. The van der Waals surface area contributed by atoms with Gasteiger partial charge in [0.25, 0.3) is 0 Å². The van der Waals surface area contributed by atoms with Crippen LogP contribution in [0.3, 0.4) is 0 Å². The molecule has 2 saturated carbocycles. The van der Waals surface area contributed by atoms with Crippen molar-refractivity contribution in [2.45, 2.75) is 88.7 Å². The first-order valence-corrected chi connectivity index (χ1v) is 13.9. The number of amides is 2. The SMILES string of the molecule is C[C@H](NC(=O)Cc1cc(F)cc(F)c1)C(O)N[C@H](C(=O)N(CC1CC1)C1CCCCC1)[C@H](O)c1ccccc1. The van der Waals surface area contributed by atoms with Crippen molar-refractivity contribution in [2.24, 2.45) is 5.92 Å². The second-order valence-corrected chi connectivity index (χ2v) is 11.0. The Morgan fingerprint density at radius 3 is 2.23 bits per heavy atom. The van der Waals surface area contributed by atoms with Crippen LogP contribution in [0.5, 0.6) is 0 Å². The van der Waals surface area contributed by atoms with Gasteiger partial charge in [0.15, 0.2) is 0 Å². The fraction of sp³-hybridized carbons (Fsp3) is 0.533. The van der Waals surface area contributed by atoms with Crippen LogP contribution in [0, 0.1) is 17.6 Å². The highest BCUT2D eigenvalue weighted by Crippen LogP contribution is 2.34. The molecule has 0 aromatic heterocycles. The van der Waals surface area contributed by atoms with Gasteiger partial charge in [-0.05, 0) is 61.8 Å². The molecule has 4 rings (SSSR count). The van der Waals surface area contributed by atoms with Crippen LogP contribution in [-0.2, 0) is 16.0 Å². The van der Waals surface area contributed by atoms with E-state index in [1.807, 2.05) is 11.0 Å². The number of carbonyl (C=O) groups is 2. The van der Waals surface area contributed by atoms with E-state index in [9.17, 15) is 28.6 Å². The zero-order valence-corrected chi connectivity index (χ0v) is 22.4. The van der Waals surface area contributed by atoms with Gasteiger partial charge in [0, 0.05) is 18.7 Å². The minimum absolute atomic E-state index is 0.0973. The van der Waals surface area contributed by atoms with Crippen molar-refractivity contribution in [1.82, 2.24) is 15.5 Å². The molecule has 0 bridgehead atoms. The molecule has 2 aromatic carbocycles. The molecule has 0 aliphatic heterocycles. The average molecular weight is 544 g/mol. The summed E-state index contributed by atoms with van der Waals surface area (Å²) in [5, 5.41) is 27.8. The molecule has 4 atom stereocenters. The number of nitrogens with zero attached hydrogens (tertiary/aromatic N) is 1. The predicted octanol–water partition coefficient (Wildman–Crippen LogP) is 3.59. The summed E-state index contributed by atoms with van der Waals surface area (Å²) in [5.41, 5.74) is 0.700. The van der Waals surface area contributed by atoms with Crippen molar-refractivity contribution in [3.63, 3.8) is 0 Å². The van der Waals surface area contributed by atoms with Gasteiger partial charge in [-0.1, -0.05) is 49.6 Å². The molecule has 212 valence electrons. The maximum Gasteiger partial charge on any atom is 0.243 e. The zero-order chi connectivity index (χ0) is 27.9. The molecule has 2 aromatic rings. The molecule has 4 N–H and O–H groups in total. The summed E-state index contributed by atoms with van der Waals surface area (Å²) >= 11 is 0. The number of halogens is 2. The van der Waals surface area contributed by atoms with Crippen LogP contribution in [0.25, 0.3) is 0 Å². The minimum atomic E-state index is -1.38. The fourth-order valence-corrected chi connectivity index (χ4v) is 5.32. The van der Waals surface area contributed by atoms with Crippen LogP contribution in [0.15, 0.2) is 48.5 Å². The van der Waals surface area contributed by atoms with Crippen molar-refractivity contribution < 1.29 is 28.6 Å². The number of carbonyl (C=O) groups excluding carboxylic acids is 2. The lowest BCUT2D eigenvalue weighted by atomic mass is 9.92. The van der Waals surface area contributed by atoms with Crippen molar-refractivity contribution in [3.8, 4) is 0 Å². The monoisotopic (exact) mass is 543 g/mol. The number of benzene rings is 2. The Hall–Kier alpha value is -2.88. The molecule has 1 unspecified atom stereocenters. The maximum absolute atomic E-state index is 14.0. The molecule has 2 aliphatic carbocycles. The van der Waals surface area contributed by atoms with Gasteiger partial charge < -0.3 is 20.4 Å². The van der Waals surface area contributed by atoms with Crippen molar-refractivity contribution in [3.05, 3.63) is 71.3 Å². The second-order valence-electron chi connectivity index (χ2n) is 11.0. The van der Waals surface area contributed by atoms with Crippen LogP contribution >= 0.6 is 0 Å². The van der Waals surface area contributed by atoms with E-state index in [0.29, 0.717) is 18.0 Å². The Morgan fingerprint density at radius 2 is 1.62 bits per heavy atom. The van der Waals surface area contributed by atoms with Gasteiger partial charge in [0.1, 0.15) is 30.0 Å². The van der Waals surface area contributed by atoms with Gasteiger partial charge in [-0.3, -0.25) is 14.9 Å². The Labute approximate surface area is 228 Å². The molecule has 0 heterocycles. The second kappa shape index (κ2) is 13.5. The summed E-state index contributed by atoms with van der Waals surface area (Å²) in [4.78, 5) is 28.5. The number of aliphatic hydroxyl groups excluding tert-OH is 2. The normalized spacial score (nSPS) is 19.1. The Balaban J connectivity index is 1.48. The number of rotatable bonds is 12. The van der Waals surface area contributed by atoms with Gasteiger partial charge in [-0.15, -0.1) is 0 Å². The van der Waals surface area contributed by atoms with Gasteiger partial charge in [0.2, 0.25) is 11.8 Å². The third-order valence-corrected chi connectivity index (χ3v) is 7.67. The number of aliphatic hydroxyl groups is 2. The molecule has 0 radical (unpaired) electrons. The third-order valence-electron chi connectivity index (χ3n) is 7.67. The van der Waals surface area contributed by atoms with Crippen LogP contribution < -0.4 is 10.6 Å². The number of hydrogen-bond donors (Lipinski definition) is 4. The molecule has 39 heavy (non-hydrogen) atoms. The van der Waals surface area contributed by atoms with Crippen LogP contribution in [0.1, 0.15) is 69.1 Å². The molecule has 0 saturated heterocycles. The predicted molar refractivity (Wildman–Crippen MR) is 143 cm³/mol. The van der Waals surface area contributed by atoms with Crippen LogP contribution in [-0.4, -0.2) is 57.8 Å². The summed E-state index contributed by atoms with van der Waals surface area (Å²) in [6.45, 7) is 2.19. The topological polar surface area (TPSA) is 102 Å². The molecule has 9 heteroatoms. The average Bonchev–Trinajstić information content (AvgIpc) is 3.74. The summed E-state index contributed by atoms with van der Waals surface area (Å²) in [5.74, 6) is -1.91. The zero-order valence-electron chi connectivity index (χ0n) is 22.4. The van der Waals surface area contributed by atoms with E-state index >= 15 is 0 Å². The van der Waals surface area contributed by atoms with Crippen molar-refractivity contribution in [1.29, 1.82) is 0 Å². The van der Waals surface area contributed by atoms with E-state index in [1.54, 1.807) is 31.2 Å². The van der Waals surface area contributed by atoms with Crippen LogP contribution in [0.2, 0.25) is 0 Å². The first-order chi connectivity index (χ1) is 18.7. The van der Waals surface area contributed by atoms with Crippen LogP contribution in [0.4, 0.5) is 8.78 Å². The molecular weight excluding hydrogens is 504 g/mol. The summed E-state index contributed by atoms with van der Waals surface area (Å²) < 4.78 is 27.0. The van der Waals surface area contributed by atoms with E-state index in [0.717, 1.165) is 63.1 Å². The molecule has 2 fully saturated rings. The van der Waals surface area contributed by atoms with E-state index < -0.39 is 42.0 Å². The Bertz CT molecular complexity index is 1090. The third kappa shape index (κ3) is 8.30.